The molecule has 0 spiro atoms. The average molecular weight is 671 g/mol. The molecule has 2 aromatic carbocycles. The first-order chi connectivity index (χ1) is 22.8. The van der Waals surface area contributed by atoms with Crippen molar-refractivity contribution in [1.82, 2.24) is 0 Å². The second-order valence-electron chi connectivity index (χ2n) is 10.6. The van der Waals surface area contributed by atoms with Crippen molar-refractivity contribution < 1.29 is 71.4 Å². The van der Waals surface area contributed by atoms with Crippen LogP contribution in [0.15, 0.2) is 45.6 Å². The molecule has 0 unspecified atom stereocenters. The first kappa shape index (κ1) is 33.7. The molecular formula is C32H30O16. The fourth-order valence-corrected chi connectivity index (χ4v) is 5.28. The molecule has 1 aromatic heterocycles. The minimum absolute atomic E-state index is 0.00113. The summed E-state index contributed by atoms with van der Waals surface area (Å²) >= 11 is 0. The van der Waals surface area contributed by atoms with Crippen LogP contribution in [0.4, 0.5) is 0 Å². The molecule has 0 saturated carbocycles. The summed E-state index contributed by atoms with van der Waals surface area (Å²) in [4.78, 5) is 73.8. The monoisotopic (exact) mass is 670 g/mol. The fraction of sp³-hybridized carbons (Fsp3) is 0.375. The van der Waals surface area contributed by atoms with Crippen molar-refractivity contribution in [2.75, 3.05) is 19.8 Å². The standard InChI is InChI=1S/C32H30O16/c1-14(33)42-13-24-27(43-15(2)34)29(44-16(3)35)30(45-17(4)36)32(48-24)46-19-6-7-20-22(12-19)47-28(31(38)39)25(26(20)37)18-5-8-21-23(11-18)41-10-9-40-21/h5-8,11-12,24,27,29-30,32H,9-10,13H2,1-4H3,(H,38,39)/t24-,27+,29-,30-,32+/m0/s1. The number of carbonyl (C=O) groups excluding carboxylic acids is 4. The van der Waals surface area contributed by atoms with Gasteiger partial charge in [0.2, 0.25) is 23.6 Å². The molecule has 1 saturated heterocycles. The number of hydrogen-bond acceptors (Lipinski definition) is 15. The molecule has 0 radical (unpaired) electrons. The Morgan fingerprint density at radius 1 is 0.792 bits per heavy atom. The zero-order valence-corrected chi connectivity index (χ0v) is 26.0. The first-order valence-corrected chi connectivity index (χ1v) is 14.5. The van der Waals surface area contributed by atoms with Gasteiger partial charge in [0, 0.05) is 33.8 Å². The first-order valence-electron chi connectivity index (χ1n) is 14.5. The number of aromatic carboxylic acids is 1. The van der Waals surface area contributed by atoms with E-state index in [0.29, 0.717) is 18.1 Å². The molecule has 48 heavy (non-hydrogen) atoms. The number of fused-ring (bicyclic) bond motifs is 2. The maximum absolute atomic E-state index is 13.7. The molecule has 5 atom stereocenters. The Morgan fingerprint density at radius 2 is 1.44 bits per heavy atom. The summed E-state index contributed by atoms with van der Waals surface area (Å²) in [6, 6.07) is 8.45. The Hall–Kier alpha value is -5.64. The van der Waals surface area contributed by atoms with Crippen molar-refractivity contribution in [3.63, 3.8) is 0 Å². The van der Waals surface area contributed by atoms with Crippen molar-refractivity contribution in [3.8, 4) is 28.4 Å². The van der Waals surface area contributed by atoms with Crippen molar-refractivity contribution in [2.45, 2.75) is 58.4 Å². The molecule has 2 aliphatic heterocycles. The van der Waals surface area contributed by atoms with E-state index in [2.05, 4.69) is 0 Å². The van der Waals surface area contributed by atoms with Crippen LogP contribution in [-0.4, -0.2) is 85.5 Å². The van der Waals surface area contributed by atoms with E-state index in [-0.39, 0.29) is 34.5 Å². The number of carbonyl (C=O) groups is 5. The van der Waals surface area contributed by atoms with E-state index in [0.717, 1.165) is 27.7 Å². The minimum atomic E-state index is -1.58. The summed E-state index contributed by atoms with van der Waals surface area (Å²) < 4.78 is 50.0. The summed E-state index contributed by atoms with van der Waals surface area (Å²) in [5, 5.41) is 10.0. The third-order valence-electron chi connectivity index (χ3n) is 7.09. The molecular weight excluding hydrogens is 640 g/mol. The van der Waals surface area contributed by atoms with Crippen LogP contribution in [0, 0.1) is 0 Å². The Balaban J connectivity index is 1.55. The SMILES string of the molecule is CC(=O)OC[C@@H]1O[C@@H](Oc2ccc3c(=O)c(-c4ccc5c(c4)OCCO5)c(C(=O)O)oc3c2)[C@@H](OC(C)=O)[C@@H](OC(C)=O)[C@@H]1OC(C)=O. The van der Waals surface area contributed by atoms with Crippen LogP contribution < -0.4 is 19.6 Å². The maximum Gasteiger partial charge on any atom is 0.372 e. The fourth-order valence-electron chi connectivity index (χ4n) is 5.28. The number of ether oxygens (including phenoxy) is 8. The molecule has 1 N–H and O–H groups in total. The molecule has 2 aliphatic rings. The van der Waals surface area contributed by atoms with E-state index in [1.165, 1.54) is 30.3 Å². The van der Waals surface area contributed by atoms with Crippen molar-refractivity contribution >= 4 is 40.8 Å². The lowest BCUT2D eigenvalue weighted by Crippen LogP contribution is -2.63. The van der Waals surface area contributed by atoms with Gasteiger partial charge in [-0.3, -0.25) is 24.0 Å². The number of carboxylic acid groups (broad SMARTS) is 1. The lowest BCUT2D eigenvalue weighted by atomic mass is 9.98. The topological polar surface area (TPSA) is 210 Å². The molecule has 254 valence electrons. The van der Waals surface area contributed by atoms with E-state index in [4.69, 9.17) is 42.3 Å². The van der Waals surface area contributed by atoms with Gasteiger partial charge >= 0.3 is 29.8 Å². The quantitative estimate of drug-likeness (QED) is 0.256. The van der Waals surface area contributed by atoms with Gasteiger partial charge in [0.25, 0.3) is 0 Å². The number of hydrogen-bond donors (Lipinski definition) is 1. The molecule has 3 heterocycles. The van der Waals surface area contributed by atoms with Gasteiger partial charge in [-0.1, -0.05) is 6.07 Å². The average Bonchev–Trinajstić information content (AvgIpc) is 3.01. The summed E-state index contributed by atoms with van der Waals surface area (Å²) in [6.45, 7) is 4.51. The molecule has 3 aromatic rings. The molecule has 1 fully saturated rings. The van der Waals surface area contributed by atoms with E-state index in [1.807, 2.05) is 0 Å². The van der Waals surface area contributed by atoms with Crippen LogP contribution in [0.5, 0.6) is 17.2 Å². The van der Waals surface area contributed by atoms with Crippen LogP contribution >= 0.6 is 0 Å². The molecule has 5 rings (SSSR count). The van der Waals surface area contributed by atoms with Gasteiger partial charge in [-0.2, -0.15) is 0 Å². The van der Waals surface area contributed by atoms with Crippen LogP contribution in [0.3, 0.4) is 0 Å². The summed E-state index contributed by atoms with van der Waals surface area (Å²) in [5.74, 6) is -4.63. The van der Waals surface area contributed by atoms with Gasteiger partial charge in [0.15, 0.2) is 23.7 Å². The van der Waals surface area contributed by atoms with E-state index in [1.54, 1.807) is 6.07 Å². The highest BCUT2D eigenvalue weighted by molar-refractivity contribution is 5.97. The zero-order valence-electron chi connectivity index (χ0n) is 26.0. The van der Waals surface area contributed by atoms with Crippen molar-refractivity contribution in [1.29, 1.82) is 0 Å². The Morgan fingerprint density at radius 3 is 2.08 bits per heavy atom. The third-order valence-corrected chi connectivity index (χ3v) is 7.09. The van der Waals surface area contributed by atoms with Gasteiger partial charge in [-0.05, 0) is 29.8 Å². The Labute approximate surface area is 271 Å². The van der Waals surface area contributed by atoms with Gasteiger partial charge in [-0.15, -0.1) is 0 Å². The highest BCUT2D eigenvalue weighted by Crippen LogP contribution is 2.36. The zero-order chi connectivity index (χ0) is 34.7. The maximum atomic E-state index is 13.7. The van der Waals surface area contributed by atoms with Gasteiger partial charge in [0.05, 0.1) is 10.9 Å². The Kier molecular flexibility index (Phi) is 9.84. The van der Waals surface area contributed by atoms with Crippen LogP contribution in [-0.2, 0) is 42.9 Å². The van der Waals surface area contributed by atoms with Crippen LogP contribution in [0.2, 0.25) is 0 Å². The smallest absolute Gasteiger partial charge is 0.372 e. The van der Waals surface area contributed by atoms with Crippen molar-refractivity contribution in [2.24, 2.45) is 0 Å². The van der Waals surface area contributed by atoms with Crippen LogP contribution in [0.1, 0.15) is 38.2 Å². The Bertz CT molecular complexity index is 1830. The van der Waals surface area contributed by atoms with Gasteiger partial charge in [0.1, 0.15) is 37.3 Å². The molecule has 0 aliphatic carbocycles. The number of benzene rings is 2. The minimum Gasteiger partial charge on any atom is -0.486 e. The summed E-state index contributed by atoms with van der Waals surface area (Å²) in [6.07, 6.45) is -7.27. The molecule has 16 nitrogen and oxygen atoms in total. The highest BCUT2D eigenvalue weighted by atomic mass is 16.7. The normalized spacial score (nSPS) is 21.5. The molecule has 0 bridgehead atoms. The predicted molar refractivity (Wildman–Crippen MR) is 158 cm³/mol. The third kappa shape index (κ3) is 7.33. The number of rotatable bonds is 9. The second-order valence-corrected chi connectivity index (χ2v) is 10.6. The summed E-state index contributed by atoms with van der Waals surface area (Å²) in [7, 11) is 0. The number of esters is 4. The largest absolute Gasteiger partial charge is 0.486 e. The lowest BCUT2D eigenvalue weighted by Gasteiger charge is -2.43. The van der Waals surface area contributed by atoms with E-state index >= 15 is 0 Å². The van der Waals surface area contributed by atoms with E-state index < -0.39 is 78.3 Å². The predicted octanol–water partition coefficient (Wildman–Crippen LogP) is 2.39. The second kappa shape index (κ2) is 14.0. The van der Waals surface area contributed by atoms with Crippen molar-refractivity contribution in [3.05, 3.63) is 52.4 Å². The van der Waals surface area contributed by atoms with E-state index in [9.17, 15) is 33.9 Å². The van der Waals surface area contributed by atoms with Crippen LogP contribution in [0.25, 0.3) is 22.1 Å². The van der Waals surface area contributed by atoms with Gasteiger partial charge in [-0.25, -0.2) is 4.79 Å². The molecule has 0 amide bonds. The highest BCUT2D eigenvalue weighted by Gasteiger charge is 2.53. The van der Waals surface area contributed by atoms with Gasteiger partial charge < -0.3 is 47.4 Å². The lowest BCUT2D eigenvalue weighted by molar-refractivity contribution is -0.288. The molecule has 16 heteroatoms. The summed E-state index contributed by atoms with van der Waals surface area (Å²) in [5.41, 5.74) is -0.837. The number of carboxylic acids is 1.